The van der Waals surface area contributed by atoms with Crippen LogP contribution in [0.5, 0.6) is 5.75 Å². The zero-order valence-electron chi connectivity index (χ0n) is 11.6. The fraction of sp³-hybridized carbons (Fsp3) is 0.429. The van der Waals surface area contributed by atoms with Gasteiger partial charge < -0.3 is 9.72 Å². The lowest BCUT2D eigenvalue weighted by atomic mass is 9.92. The lowest BCUT2D eigenvalue weighted by Gasteiger charge is -2.22. The summed E-state index contributed by atoms with van der Waals surface area (Å²) < 4.78 is 30.7. The van der Waals surface area contributed by atoms with Crippen molar-refractivity contribution in [1.82, 2.24) is 9.71 Å². The van der Waals surface area contributed by atoms with Gasteiger partial charge in [0.2, 0.25) is 10.0 Å². The number of rotatable bonds is 3. The van der Waals surface area contributed by atoms with Crippen molar-refractivity contribution in [3.05, 3.63) is 29.5 Å². The van der Waals surface area contributed by atoms with Gasteiger partial charge in [-0.3, -0.25) is 0 Å². The van der Waals surface area contributed by atoms with Crippen molar-refractivity contribution >= 4 is 20.9 Å². The summed E-state index contributed by atoms with van der Waals surface area (Å²) in [5.74, 6) is 0.817. The number of benzene rings is 1. The number of H-pyrrole nitrogens is 1. The van der Waals surface area contributed by atoms with E-state index in [1.165, 1.54) is 17.5 Å². The molecular formula is C14H18N2O3S. The maximum absolute atomic E-state index is 11.4. The van der Waals surface area contributed by atoms with Crippen LogP contribution in [-0.2, 0) is 22.9 Å². The maximum Gasteiger partial charge on any atom is 0.208 e. The molecule has 2 N–H and O–H groups in total. The number of sulfonamides is 1. The van der Waals surface area contributed by atoms with Crippen molar-refractivity contribution in [2.45, 2.75) is 25.3 Å². The van der Waals surface area contributed by atoms with E-state index in [4.69, 9.17) is 4.74 Å². The minimum absolute atomic E-state index is 0.0253. The van der Waals surface area contributed by atoms with Crippen molar-refractivity contribution in [3.63, 3.8) is 0 Å². The van der Waals surface area contributed by atoms with Gasteiger partial charge in [0, 0.05) is 22.6 Å². The first-order valence-electron chi connectivity index (χ1n) is 6.61. The molecule has 1 heterocycles. The Balaban J connectivity index is 1.98. The van der Waals surface area contributed by atoms with E-state index in [1.54, 1.807) is 7.11 Å². The lowest BCUT2D eigenvalue weighted by molar-refractivity contribution is 0.415. The van der Waals surface area contributed by atoms with Gasteiger partial charge in [0.15, 0.2) is 0 Å². The number of ether oxygens (including phenoxy) is 1. The van der Waals surface area contributed by atoms with E-state index in [9.17, 15) is 8.42 Å². The minimum atomic E-state index is -3.16. The molecule has 0 fully saturated rings. The largest absolute Gasteiger partial charge is 0.497 e. The fourth-order valence-electron chi connectivity index (χ4n) is 2.93. The van der Waals surface area contributed by atoms with Gasteiger partial charge in [0.05, 0.1) is 13.4 Å². The van der Waals surface area contributed by atoms with Crippen LogP contribution in [0.3, 0.4) is 0 Å². The Morgan fingerprint density at radius 1 is 1.40 bits per heavy atom. The molecule has 1 aliphatic carbocycles. The lowest BCUT2D eigenvalue weighted by Crippen LogP contribution is -2.38. The van der Waals surface area contributed by atoms with Crippen LogP contribution in [0.15, 0.2) is 18.2 Å². The third-order valence-electron chi connectivity index (χ3n) is 3.78. The quantitative estimate of drug-likeness (QED) is 0.903. The highest BCUT2D eigenvalue weighted by Gasteiger charge is 2.24. The van der Waals surface area contributed by atoms with Gasteiger partial charge in [-0.15, -0.1) is 0 Å². The van der Waals surface area contributed by atoms with Gasteiger partial charge in [-0.05, 0) is 43.0 Å². The van der Waals surface area contributed by atoms with Crippen LogP contribution in [-0.4, -0.2) is 32.8 Å². The van der Waals surface area contributed by atoms with Gasteiger partial charge in [0.25, 0.3) is 0 Å². The van der Waals surface area contributed by atoms with E-state index >= 15 is 0 Å². The second kappa shape index (κ2) is 4.79. The zero-order chi connectivity index (χ0) is 14.3. The summed E-state index contributed by atoms with van der Waals surface area (Å²) in [6.45, 7) is 0. The van der Waals surface area contributed by atoms with Crippen LogP contribution < -0.4 is 9.46 Å². The van der Waals surface area contributed by atoms with E-state index < -0.39 is 10.0 Å². The number of fused-ring (bicyclic) bond motifs is 3. The molecule has 0 saturated carbocycles. The molecule has 5 nitrogen and oxygen atoms in total. The molecule has 108 valence electrons. The number of nitrogens with one attached hydrogen (secondary N) is 2. The van der Waals surface area contributed by atoms with Crippen LogP contribution >= 0.6 is 0 Å². The molecule has 1 atom stereocenters. The Hall–Kier alpha value is -1.53. The molecule has 0 saturated heterocycles. The first-order valence-corrected chi connectivity index (χ1v) is 8.50. The molecule has 0 bridgehead atoms. The average Bonchev–Trinajstić information content (AvgIpc) is 2.74. The minimum Gasteiger partial charge on any atom is -0.497 e. The molecule has 20 heavy (non-hydrogen) atoms. The van der Waals surface area contributed by atoms with E-state index in [1.807, 2.05) is 18.2 Å². The molecule has 0 radical (unpaired) electrons. The van der Waals surface area contributed by atoms with E-state index in [0.717, 1.165) is 35.9 Å². The predicted octanol–water partition coefficient (Wildman–Crippen LogP) is 1.58. The van der Waals surface area contributed by atoms with Crippen molar-refractivity contribution in [3.8, 4) is 5.75 Å². The molecule has 1 aromatic heterocycles. The van der Waals surface area contributed by atoms with Crippen molar-refractivity contribution in [1.29, 1.82) is 0 Å². The molecule has 2 aromatic rings. The Morgan fingerprint density at radius 2 is 2.20 bits per heavy atom. The molecule has 1 unspecified atom stereocenters. The summed E-state index contributed by atoms with van der Waals surface area (Å²) >= 11 is 0. The summed E-state index contributed by atoms with van der Waals surface area (Å²) in [5.41, 5.74) is 3.49. The second-order valence-corrected chi connectivity index (χ2v) is 7.10. The van der Waals surface area contributed by atoms with Crippen molar-refractivity contribution < 1.29 is 13.2 Å². The monoisotopic (exact) mass is 294 g/mol. The van der Waals surface area contributed by atoms with Crippen LogP contribution in [0.2, 0.25) is 0 Å². The first kappa shape index (κ1) is 13.5. The Morgan fingerprint density at radius 3 is 2.90 bits per heavy atom. The summed E-state index contributed by atoms with van der Waals surface area (Å²) in [4.78, 5) is 3.42. The van der Waals surface area contributed by atoms with Crippen LogP contribution in [0, 0.1) is 0 Å². The van der Waals surface area contributed by atoms with Crippen LogP contribution in [0.1, 0.15) is 17.7 Å². The summed E-state index contributed by atoms with van der Waals surface area (Å²) in [6, 6.07) is 5.91. The highest BCUT2D eigenvalue weighted by atomic mass is 32.2. The molecule has 1 aromatic carbocycles. The van der Waals surface area contributed by atoms with Crippen LogP contribution in [0.4, 0.5) is 0 Å². The second-order valence-electron chi connectivity index (χ2n) is 5.32. The van der Waals surface area contributed by atoms with Crippen molar-refractivity contribution in [2.24, 2.45) is 0 Å². The van der Waals surface area contributed by atoms with Gasteiger partial charge in [0.1, 0.15) is 5.75 Å². The molecule has 0 aliphatic heterocycles. The number of hydrogen-bond donors (Lipinski definition) is 2. The van der Waals surface area contributed by atoms with E-state index in [-0.39, 0.29) is 6.04 Å². The van der Waals surface area contributed by atoms with Gasteiger partial charge in [-0.2, -0.15) is 0 Å². The summed E-state index contributed by atoms with van der Waals surface area (Å²) in [7, 11) is -1.51. The number of hydrogen-bond acceptors (Lipinski definition) is 3. The topological polar surface area (TPSA) is 71.2 Å². The first-order chi connectivity index (χ1) is 9.46. The highest BCUT2D eigenvalue weighted by Crippen LogP contribution is 2.31. The fourth-order valence-corrected chi connectivity index (χ4v) is 3.73. The third kappa shape index (κ3) is 2.53. The molecular weight excluding hydrogens is 276 g/mol. The van der Waals surface area contributed by atoms with Gasteiger partial charge >= 0.3 is 0 Å². The average molecular weight is 294 g/mol. The summed E-state index contributed by atoms with van der Waals surface area (Å²) in [6.07, 6.45) is 3.61. The molecule has 3 rings (SSSR count). The summed E-state index contributed by atoms with van der Waals surface area (Å²) in [5, 5.41) is 1.12. The number of aryl methyl sites for hydroxylation is 1. The number of methoxy groups -OCH3 is 1. The Kier molecular flexibility index (Phi) is 3.22. The van der Waals surface area contributed by atoms with Crippen LogP contribution in [0.25, 0.3) is 10.9 Å². The number of aromatic amines is 1. The van der Waals surface area contributed by atoms with Gasteiger partial charge in [-0.1, -0.05) is 0 Å². The molecule has 6 heteroatoms. The highest BCUT2D eigenvalue weighted by molar-refractivity contribution is 7.88. The van der Waals surface area contributed by atoms with E-state index in [2.05, 4.69) is 9.71 Å². The number of aromatic nitrogens is 1. The Bertz CT molecular complexity index is 749. The van der Waals surface area contributed by atoms with Crippen molar-refractivity contribution in [2.75, 3.05) is 13.4 Å². The Labute approximate surface area is 118 Å². The zero-order valence-corrected chi connectivity index (χ0v) is 12.4. The molecule has 0 spiro atoms. The van der Waals surface area contributed by atoms with Gasteiger partial charge in [-0.25, -0.2) is 13.1 Å². The predicted molar refractivity (Wildman–Crippen MR) is 78.6 cm³/mol. The molecule has 1 aliphatic rings. The van der Waals surface area contributed by atoms with E-state index in [0.29, 0.717) is 0 Å². The SMILES string of the molecule is COc1ccc2[nH]c3c(c2c1)CC(NS(C)(=O)=O)CC3. The standard InChI is InChI=1S/C14H18N2O3S/c1-19-10-4-6-14-12(8-10)11-7-9(16-20(2,17)18)3-5-13(11)15-14/h4,6,8-9,15-16H,3,5,7H2,1-2H3. The third-order valence-corrected chi connectivity index (χ3v) is 4.54. The normalized spacial score (nSPS) is 19.0. The smallest absolute Gasteiger partial charge is 0.208 e. The maximum atomic E-state index is 11.4. The molecule has 0 amide bonds.